The van der Waals surface area contributed by atoms with Crippen LogP contribution in [0.5, 0.6) is 5.75 Å². The van der Waals surface area contributed by atoms with E-state index in [0.29, 0.717) is 11.8 Å². The van der Waals surface area contributed by atoms with Crippen LogP contribution in [0, 0.1) is 11.8 Å². The molecule has 2 unspecified atom stereocenters. The molecule has 7 heteroatoms. The molecule has 1 fully saturated rings. The van der Waals surface area contributed by atoms with E-state index in [0.717, 1.165) is 63.1 Å². The molecule has 2 heterocycles. The predicted molar refractivity (Wildman–Crippen MR) is 121 cm³/mol. The lowest BCUT2D eigenvalue weighted by molar-refractivity contribution is 0.208. The number of guanidine groups is 1. The first-order valence-corrected chi connectivity index (χ1v) is 11.1. The number of aryl methyl sites for hydroxylation is 1. The van der Waals surface area contributed by atoms with Gasteiger partial charge in [-0.1, -0.05) is 32.9 Å². The van der Waals surface area contributed by atoms with Gasteiger partial charge in [0.25, 0.3) is 0 Å². The van der Waals surface area contributed by atoms with Gasteiger partial charge in [-0.3, -0.25) is 4.99 Å². The Bertz CT molecular complexity index is 790. The number of aromatic nitrogens is 3. The second-order valence-electron chi connectivity index (χ2n) is 8.38. The van der Waals surface area contributed by atoms with Crippen LogP contribution in [0.3, 0.4) is 0 Å². The third kappa shape index (κ3) is 6.21. The van der Waals surface area contributed by atoms with Crippen molar-refractivity contribution in [2.24, 2.45) is 16.8 Å². The van der Waals surface area contributed by atoms with Crippen molar-refractivity contribution in [3.8, 4) is 5.75 Å². The smallest absolute Gasteiger partial charge is 0.194 e. The van der Waals surface area contributed by atoms with Gasteiger partial charge in [-0.15, -0.1) is 10.2 Å². The van der Waals surface area contributed by atoms with E-state index in [1.54, 1.807) is 7.11 Å². The Kier molecular flexibility index (Phi) is 8.11. The first kappa shape index (κ1) is 22.1. The van der Waals surface area contributed by atoms with Gasteiger partial charge in [0.15, 0.2) is 5.96 Å². The molecule has 0 radical (unpaired) electrons. The van der Waals surface area contributed by atoms with E-state index < -0.39 is 0 Å². The molecule has 1 aromatic heterocycles. The summed E-state index contributed by atoms with van der Waals surface area (Å²) in [6, 6.07) is 8.25. The van der Waals surface area contributed by atoms with Gasteiger partial charge in [0.05, 0.1) is 7.11 Å². The zero-order valence-electron chi connectivity index (χ0n) is 18.8. The lowest BCUT2D eigenvalue weighted by Crippen LogP contribution is -2.49. The lowest BCUT2D eigenvalue weighted by atomic mass is 9.92. The molecule has 1 aliphatic heterocycles. The number of methoxy groups -OCH3 is 1. The van der Waals surface area contributed by atoms with Crippen LogP contribution in [-0.4, -0.2) is 58.9 Å². The van der Waals surface area contributed by atoms with Crippen LogP contribution in [0.25, 0.3) is 0 Å². The molecular formula is C23H36N6O. The van der Waals surface area contributed by atoms with Crippen molar-refractivity contribution >= 4 is 5.96 Å². The highest BCUT2D eigenvalue weighted by molar-refractivity contribution is 5.80. The van der Waals surface area contributed by atoms with Crippen LogP contribution in [-0.2, 0) is 19.4 Å². The maximum Gasteiger partial charge on any atom is 0.194 e. The SMILES string of the molecule is CCc1nncn1CCNC(=NCCc1ccc(OC)cc1)N1CC(C)CC(C)C1. The molecule has 3 rings (SSSR count). The summed E-state index contributed by atoms with van der Waals surface area (Å²) in [7, 11) is 1.70. The number of hydrogen-bond donors (Lipinski definition) is 1. The van der Waals surface area contributed by atoms with Crippen LogP contribution < -0.4 is 10.1 Å². The third-order valence-corrected chi connectivity index (χ3v) is 5.64. The highest BCUT2D eigenvalue weighted by Gasteiger charge is 2.24. The van der Waals surface area contributed by atoms with Crippen molar-refractivity contribution < 1.29 is 4.74 Å². The Morgan fingerprint density at radius 2 is 1.93 bits per heavy atom. The van der Waals surface area contributed by atoms with Gasteiger partial charge in [-0.2, -0.15) is 0 Å². The van der Waals surface area contributed by atoms with Gasteiger partial charge in [-0.05, 0) is 42.4 Å². The number of nitrogens with zero attached hydrogens (tertiary/aromatic N) is 5. The van der Waals surface area contributed by atoms with Gasteiger partial charge >= 0.3 is 0 Å². The molecule has 2 atom stereocenters. The normalized spacial score (nSPS) is 19.7. The average molecular weight is 413 g/mol. The number of aliphatic imine (C=N–C) groups is 1. The van der Waals surface area contributed by atoms with Gasteiger partial charge in [0, 0.05) is 39.1 Å². The molecule has 0 saturated carbocycles. The van der Waals surface area contributed by atoms with Crippen molar-refractivity contribution in [3.05, 3.63) is 42.0 Å². The van der Waals surface area contributed by atoms with Crippen molar-refractivity contribution in [2.45, 2.75) is 46.6 Å². The van der Waals surface area contributed by atoms with E-state index in [-0.39, 0.29) is 0 Å². The number of likely N-dealkylation sites (tertiary alicyclic amines) is 1. The molecule has 30 heavy (non-hydrogen) atoms. The van der Waals surface area contributed by atoms with Crippen LogP contribution in [0.1, 0.15) is 38.6 Å². The van der Waals surface area contributed by atoms with Crippen molar-refractivity contribution in [3.63, 3.8) is 0 Å². The van der Waals surface area contributed by atoms with E-state index in [1.807, 2.05) is 18.5 Å². The second kappa shape index (κ2) is 11.0. The largest absolute Gasteiger partial charge is 0.497 e. The fourth-order valence-corrected chi connectivity index (χ4v) is 4.21. The number of benzene rings is 1. The fraction of sp³-hybridized carbons (Fsp3) is 0.609. The van der Waals surface area contributed by atoms with Crippen LogP contribution in [0.2, 0.25) is 0 Å². The van der Waals surface area contributed by atoms with E-state index in [4.69, 9.17) is 9.73 Å². The predicted octanol–water partition coefficient (Wildman–Crippen LogP) is 3.02. The van der Waals surface area contributed by atoms with Gasteiger partial charge in [-0.25, -0.2) is 0 Å². The minimum Gasteiger partial charge on any atom is -0.497 e. The molecule has 2 aromatic rings. The standard InChI is InChI=1S/C23H36N6O/c1-5-22-27-26-17-28(22)13-12-25-23(29-15-18(2)14-19(3)16-29)24-11-10-20-6-8-21(30-4)9-7-20/h6-9,17-19H,5,10-16H2,1-4H3,(H,24,25). The van der Waals surface area contributed by atoms with Gasteiger partial charge in [0.1, 0.15) is 17.9 Å². The third-order valence-electron chi connectivity index (χ3n) is 5.64. The topological polar surface area (TPSA) is 67.6 Å². The summed E-state index contributed by atoms with van der Waals surface area (Å²) < 4.78 is 7.36. The van der Waals surface area contributed by atoms with E-state index in [9.17, 15) is 0 Å². The van der Waals surface area contributed by atoms with Crippen LogP contribution in [0.4, 0.5) is 0 Å². The van der Waals surface area contributed by atoms with Crippen molar-refractivity contribution in [2.75, 3.05) is 33.3 Å². The summed E-state index contributed by atoms with van der Waals surface area (Å²) in [4.78, 5) is 7.41. The Balaban J connectivity index is 1.62. The van der Waals surface area contributed by atoms with Gasteiger partial charge in [0.2, 0.25) is 0 Å². The molecule has 164 valence electrons. The highest BCUT2D eigenvalue weighted by Crippen LogP contribution is 2.21. The molecule has 1 saturated heterocycles. The summed E-state index contributed by atoms with van der Waals surface area (Å²) >= 11 is 0. The number of ether oxygens (including phenoxy) is 1. The average Bonchev–Trinajstić information content (AvgIpc) is 3.20. The first-order chi connectivity index (χ1) is 14.6. The maximum atomic E-state index is 5.25. The minimum atomic E-state index is 0.687. The monoisotopic (exact) mass is 412 g/mol. The number of nitrogens with one attached hydrogen (secondary N) is 1. The van der Waals surface area contributed by atoms with Crippen LogP contribution >= 0.6 is 0 Å². The first-order valence-electron chi connectivity index (χ1n) is 11.1. The van der Waals surface area contributed by atoms with E-state index in [1.165, 1.54) is 12.0 Å². The van der Waals surface area contributed by atoms with Crippen molar-refractivity contribution in [1.82, 2.24) is 25.0 Å². The van der Waals surface area contributed by atoms with E-state index >= 15 is 0 Å². The zero-order valence-corrected chi connectivity index (χ0v) is 18.8. The molecule has 1 aromatic carbocycles. The number of hydrogen-bond acceptors (Lipinski definition) is 4. The van der Waals surface area contributed by atoms with Crippen molar-refractivity contribution in [1.29, 1.82) is 0 Å². The summed E-state index contributed by atoms with van der Waals surface area (Å²) in [6.07, 6.45) is 4.91. The molecule has 0 aliphatic carbocycles. The molecule has 0 bridgehead atoms. The lowest BCUT2D eigenvalue weighted by Gasteiger charge is -2.37. The fourth-order valence-electron chi connectivity index (χ4n) is 4.21. The Labute approximate surface area is 180 Å². The Hall–Kier alpha value is -2.57. The number of rotatable bonds is 8. The second-order valence-corrected chi connectivity index (χ2v) is 8.38. The van der Waals surface area contributed by atoms with Crippen LogP contribution in [0.15, 0.2) is 35.6 Å². The highest BCUT2D eigenvalue weighted by atomic mass is 16.5. The zero-order chi connectivity index (χ0) is 21.3. The summed E-state index contributed by atoms with van der Waals surface area (Å²) in [5, 5.41) is 11.8. The van der Waals surface area contributed by atoms with Gasteiger partial charge < -0.3 is 19.5 Å². The summed E-state index contributed by atoms with van der Waals surface area (Å²) in [6.45, 7) is 11.3. The maximum absolute atomic E-state index is 5.25. The molecule has 0 spiro atoms. The molecule has 0 amide bonds. The quantitative estimate of drug-likeness (QED) is 0.533. The molecule has 1 N–H and O–H groups in total. The summed E-state index contributed by atoms with van der Waals surface area (Å²) in [5.74, 6) is 4.31. The molecule has 7 nitrogen and oxygen atoms in total. The van der Waals surface area contributed by atoms with E-state index in [2.05, 4.69) is 57.9 Å². The minimum absolute atomic E-state index is 0.687. The summed E-state index contributed by atoms with van der Waals surface area (Å²) in [5.41, 5.74) is 1.27. The molecule has 1 aliphatic rings. The number of piperidine rings is 1. The molecular weight excluding hydrogens is 376 g/mol. The Morgan fingerprint density at radius 1 is 1.20 bits per heavy atom. The Morgan fingerprint density at radius 3 is 2.60 bits per heavy atom.